The smallest absolute Gasteiger partial charge is 0.334 e. The number of hydrogen-bond acceptors (Lipinski definition) is 5. The average molecular weight is 374 g/mol. The number of hydrogen-bond donors (Lipinski definition) is 0. The number of fused-ring (bicyclic) bond motifs is 1. The Balaban J connectivity index is 1.59. The van der Waals surface area contributed by atoms with Gasteiger partial charge in [-0.25, -0.2) is 4.79 Å². The van der Waals surface area contributed by atoms with Crippen LogP contribution in [0.5, 0.6) is 0 Å². The van der Waals surface area contributed by atoms with Crippen molar-refractivity contribution in [1.82, 2.24) is 0 Å². The molecule has 2 fully saturated rings. The Kier molecular flexibility index (Phi) is 4.69. The molecule has 3 aliphatic heterocycles. The number of carbonyl (C=O) groups is 2. The number of rotatable bonds is 5. The first-order valence-electron chi connectivity index (χ1n) is 10.2. The SMILES string of the molecule is CC(=O)OCC1=C[C@H]2C[C@H]3[C@]1(CC[C@@H](C)[C@]3(C)CCC1=CCOC1=O)CO2. The van der Waals surface area contributed by atoms with Gasteiger partial charge in [-0.05, 0) is 61.0 Å². The molecule has 5 heteroatoms. The lowest BCUT2D eigenvalue weighted by Gasteiger charge is -2.62. The summed E-state index contributed by atoms with van der Waals surface area (Å²) in [5, 5.41) is 0. The van der Waals surface area contributed by atoms with Crippen molar-refractivity contribution in [3.63, 3.8) is 0 Å². The summed E-state index contributed by atoms with van der Waals surface area (Å²) < 4.78 is 16.6. The Morgan fingerprint density at radius 3 is 2.93 bits per heavy atom. The van der Waals surface area contributed by atoms with Crippen molar-refractivity contribution in [3.05, 3.63) is 23.3 Å². The fourth-order valence-corrected chi connectivity index (χ4v) is 5.95. The third-order valence-corrected chi connectivity index (χ3v) is 7.83. The van der Waals surface area contributed by atoms with E-state index in [0.29, 0.717) is 25.0 Å². The maximum atomic E-state index is 11.9. The van der Waals surface area contributed by atoms with Crippen LogP contribution in [-0.2, 0) is 23.8 Å². The van der Waals surface area contributed by atoms with Gasteiger partial charge in [-0.15, -0.1) is 0 Å². The molecule has 2 bridgehead atoms. The number of esters is 2. The van der Waals surface area contributed by atoms with Crippen LogP contribution >= 0.6 is 0 Å². The molecule has 0 aromatic rings. The van der Waals surface area contributed by atoms with Gasteiger partial charge in [0.2, 0.25) is 0 Å². The van der Waals surface area contributed by atoms with Crippen LogP contribution in [0.1, 0.15) is 52.9 Å². The Morgan fingerprint density at radius 1 is 1.41 bits per heavy atom. The Morgan fingerprint density at radius 2 is 2.22 bits per heavy atom. The Hall–Kier alpha value is -1.62. The predicted molar refractivity (Wildman–Crippen MR) is 99.8 cm³/mol. The maximum Gasteiger partial charge on any atom is 0.334 e. The van der Waals surface area contributed by atoms with Crippen LogP contribution in [0.3, 0.4) is 0 Å². The quantitative estimate of drug-likeness (QED) is 0.544. The van der Waals surface area contributed by atoms with Gasteiger partial charge in [-0.2, -0.15) is 0 Å². The highest BCUT2D eigenvalue weighted by atomic mass is 16.5. The molecule has 5 nitrogen and oxygen atoms in total. The fraction of sp³-hybridized carbons (Fsp3) is 0.727. The van der Waals surface area contributed by atoms with Crippen LogP contribution < -0.4 is 0 Å². The van der Waals surface area contributed by atoms with E-state index >= 15 is 0 Å². The van der Waals surface area contributed by atoms with Crippen molar-refractivity contribution in [3.8, 4) is 0 Å². The van der Waals surface area contributed by atoms with Crippen LogP contribution in [-0.4, -0.2) is 37.9 Å². The second kappa shape index (κ2) is 6.77. The molecule has 27 heavy (non-hydrogen) atoms. The van der Waals surface area contributed by atoms with Gasteiger partial charge in [0.1, 0.15) is 13.2 Å². The molecule has 148 valence electrons. The number of ether oxygens (including phenoxy) is 3. The molecule has 1 spiro atoms. The van der Waals surface area contributed by atoms with Crippen LogP contribution in [0.15, 0.2) is 23.3 Å². The second-order valence-corrected chi connectivity index (χ2v) is 9.04. The first kappa shape index (κ1) is 18.7. The third-order valence-electron chi connectivity index (χ3n) is 7.83. The summed E-state index contributed by atoms with van der Waals surface area (Å²) in [7, 11) is 0. The maximum absolute atomic E-state index is 11.9. The van der Waals surface area contributed by atoms with E-state index in [2.05, 4.69) is 19.9 Å². The minimum atomic E-state index is -0.232. The average Bonchev–Trinajstić information content (AvgIpc) is 3.07. The van der Waals surface area contributed by atoms with Crippen molar-refractivity contribution in [2.24, 2.45) is 22.7 Å². The summed E-state index contributed by atoms with van der Waals surface area (Å²) in [6.07, 6.45) is 9.24. The summed E-state index contributed by atoms with van der Waals surface area (Å²) in [5.74, 6) is 0.687. The molecule has 5 rings (SSSR count). The summed E-state index contributed by atoms with van der Waals surface area (Å²) in [4.78, 5) is 23.3. The second-order valence-electron chi connectivity index (χ2n) is 9.04. The van der Waals surface area contributed by atoms with Gasteiger partial charge in [-0.3, -0.25) is 4.79 Å². The lowest BCUT2D eigenvalue weighted by atomic mass is 9.45. The van der Waals surface area contributed by atoms with E-state index in [1.165, 1.54) is 12.5 Å². The molecular formula is C22H30O5. The molecule has 2 aliphatic carbocycles. The Bertz CT molecular complexity index is 707. The number of cyclic esters (lactones) is 1. The summed E-state index contributed by atoms with van der Waals surface area (Å²) in [6.45, 7) is 7.74. The zero-order valence-corrected chi connectivity index (χ0v) is 16.6. The van der Waals surface area contributed by atoms with E-state index < -0.39 is 0 Å². The normalized spacial score (nSPS) is 40.1. The van der Waals surface area contributed by atoms with Gasteiger partial charge in [-0.1, -0.05) is 19.9 Å². The molecule has 0 radical (unpaired) electrons. The van der Waals surface area contributed by atoms with Crippen LogP contribution in [0.25, 0.3) is 0 Å². The highest BCUT2D eigenvalue weighted by Gasteiger charge is 2.60. The van der Waals surface area contributed by atoms with E-state index in [4.69, 9.17) is 14.2 Å². The monoisotopic (exact) mass is 374 g/mol. The zero-order valence-electron chi connectivity index (χ0n) is 16.6. The standard InChI is InChI=1S/C22H30O5/c1-14-4-8-22-13-27-18(10-17(22)12-26-15(2)23)11-19(22)21(14,3)7-5-16-6-9-25-20(16)24/h6,10,14,18-19H,4-5,7-9,11-13H2,1-3H3/t14-,18+,19-,21+,22-/m1/s1. The third kappa shape index (κ3) is 3.04. The van der Waals surface area contributed by atoms with Crippen molar-refractivity contribution >= 4 is 11.9 Å². The summed E-state index contributed by atoms with van der Waals surface area (Å²) >= 11 is 0. The van der Waals surface area contributed by atoms with Crippen molar-refractivity contribution in [2.45, 2.75) is 59.0 Å². The highest BCUT2D eigenvalue weighted by Crippen LogP contribution is 2.64. The van der Waals surface area contributed by atoms with Gasteiger partial charge in [0.15, 0.2) is 0 Å². The topological polar surface area (TPSA) is 61.8 Å². The predicted octanol–water partition coefficient (Wildman–Crippen LogP) is 3.58. The lowest BCUT2D eigenvalue weighted by Crippen LogP contribution is -2.59. The number of carbonyl (C=O) groups excluding carboxylic acids is 2. The summed E-state index contributed by atoms with van der Waals surface area (Å²) in [6, 6.07) is 0. The van der Waals surface area contributed by atoms with Gasteiger partial charge < -0.3 is 14.2 Å². The van der Waals surface area contributed by atoms with Crippen molar-refractivity contribution in [2.75, 3.05) is 19.8 Å². The molecule has 0 aromatic carbocycles. The molecule has 5 aliphatic rings. The largest absolute Gasteiger partial charge is 0.461 e. The van der Waals surface area contributed by atoms with Crippen molar-refractivity contribution in [1.29, 1.82) is 0 Å². The van der Waals surface area contributed by atoms with Crippen LogP contribution in [0.4, 0.5) is 0 Å². The lowest BCUT2D eigenvalue weighted by molar-refractivity contribution is -0.167. The molecule has 0 unspecified atom stereocenters. The molecule has 1 saturated heterocycles. The van der Waals surface area contributed by atoms with E-state index in [1.807, 2.05) is 6.08 Å². The van der Waals surface area contributed by atoms with E-state index in [9.17, 15) is 9.59 Å². The first-order valence-corrected chi connectivity index (χ1v) is 10.2. The van der Waals surface area contributed by atoms with Crippen LogP contribution in [0, 0.1) is 22.7 Å². The minimum Gasteiger partial charge on any atom is -0.461 e. The molecule has 0 amide bonds. The zero-order chi connectivity index (χ0) is 19.2. The van der Waals surface area contributed by atoms with Crippen molar-refractivity contribution < 1.29 is 23.8 Å². The van der Waals surface area contributed by atoms with Crippen LogP contribution in [0.2, 0.25) is 0 Å². The highest BCUT2D eigenvalue weighted by molar-refractivity contribution is 5.90. The minimum absolute atomic E-state index is 0.0317. The molecule has 0 aromatic heterocycles. The summed E-state index contributed by atoms with van der Waals surface area (Å²) in [5.41, 5.74) is 2.18. The van der Waals surface area contributed by atoms with Gasteiger partial charge in [0, 0.05) is 17.9 Å². The molecule has 0 N–H and O–H groups in total. The molecule has 3 heterocycles. The first-order chi connectivity index (χ1) is 12.8. The van der Waals surface area contributed by atoms with Gasteiger partial charge >= 0.3 is 11.9 Å². The fourth-order valence-electron chi connectivity index (χ4n) is 5.95. The van der Waals surface area contributed by atoms with Gasteiger partial charge in [0.25, 0.3) is 0 Å². The Labute approximate surface area is 161 Å². The van der Waals surface area contributed by atoms with Gasteiger partial charge in [0.05, 0.1) is 12.7 Å². The van der Waals surface area contributed by atoms with E-state index in [1.54, 1.807) is 0 Å². The van der Waals surface area contributed by atoms with E-state index in [-0.39, 0.29) is 28.9 Å². The van der Waals surface area contributed by atoms with E-state index in [0.717, 1.165) is 44.3 Å². The molecule has 1 saturated carbocycles. The molecular weight excluding hydrogens is 344 g/mol. The molecule has 5 atom stereocenters.